The molecule has 1 aromatic carbocycles. The van der Waals surface area contributed by atoms with Crippen molar-refractivity contribution in [3.05, 3.63) is 45.4 Å². The van der Waals surface area contributed by atoms with Gasteiger partial charge in [0.25, 0.3) is 5.91 Å². The molecule has 0 aliphatic heterocycles. The first-order valence-corrected chi connectivity index (χ1v) is 7.42. The predicted octanol–water partition coefficient (Wildman–Crippen LogP) is 3.53. The number of benzene rings is 1. The van der Waals surface area contributed by atoms with Crippen molar-refractivity contribution >= 4 is 39.9 Å². The SMILES string of the molecule is CCOC(=O)c1nc(NC(=O)c2ccc(Cl)cc2)sc1C. The first-order valence-electron chi connectivity index (χ1n) is 6.22. The monoisotopic (exact) mass is 324 g/mol. The Hall–Kier alpha value is -1.92. The summed E-state index contributed by atoms with van der Waals surface area (Å²) in [5, 5.41) is 3.57. The van der Waals surface area contributed by atoms with Crippen molar-refractivity contribution in [1.82, 2.24) is 4.98 Å². The molecule has 5 nitrogen and oxygen atoms in total. The van der Waals surface area contributed by atoms with Crippen LogP contribution in [0.3, 0.4) is 0 Å². The number of carbonyl (C=O) groups excluding carboxylic acids is 2. The van der Waals surface area contributed by atoms with Gasteiger partial charge in [0.2, 0.25) is 0 Å². The van der Waals surface area contributed by atoms with Gasteiger partial charge in [0.15, 0.2) is 10.8 Å². The molecule has 0 saturated carbocycles. The summed E-state index contributed by atoms with van der Waals surface area (Å²) in [5.74, 6) is -0.797. The second-order valence-electron chi connectivity index (χ2n) is 4.11. The predicted molar refractivity (Wildman–Crippen MR) is 82.2 cm³/mol. The van der Waals surface area contributed by atoms with Crippen molar-refractivity contribution in [3.8, 4) is 0 Å². The van der Waals surface area contributed by atoms with E-state index >= 15 is 0 Å². The van der Waals surface area contributed by atoms with E-state index in [9.17, 15) is 9.59 Å². The van der Waals surface area contributed by atoms with Gasteiger partial charge in [-0.05, 0) is 38.1 Å². The molecule has 0 radical (unpaired) electrons. The highest BCUT2D eigenvalue weighted by Gasteiger charge is 2.18. The summed E-state index contributed by atoms with van der Waals surface area (Å²) in [4.78, 5) is 28.5. The number of halogens is 1. The van der Waals surface area contributed by atoms with Crippen LogP contribution in [0.15, 0.2) is 24.3 Å². The topological polar surface area (TPSA) is 68.3 Å². The minimum atomic E-state index is -0.488. The van der Waals surface area contributed by atoms with Gasteiger partial charge in [0.05, 0.1) is 6.61 Å². The van der Waals surface area contributed by atoms with Crippen LogP contribution in [-0.2, 0) is 4.74 Å². The van der Waals surface area contributed by atoms with Crippen LogP contribution in [0.4, 0.5) is 5.13 Å². The summed E-state index contributed by atoms with van der Waals surface area (Å²) < 4.78 is 4.90. The van der Waals surface area contributed by atoms with Gasteiger partial charge in [0, 0.05) is 15.5 Å². The molecular weight excluding hydrogens is 312 g/mol. The normalized spacial score (nSPS) is 10.2. The van der Waals surface area contributed by atoms with Gasteiger partial charge in [-0.2, -0.15) is 0 Å². The van der Waals surface area contributed by atoms with Crippen molar-refractivity contribution in [2.75, 3.05) is 11.9 Å². The van der Waals surface area contributed by atoms with E-state index in [-0.39, 0.29) is 18.2 Å². The standard InChI is InChI=1S/C14H13ClN2O3S/c1-3-20-13(19)11-8(2)21-14(16-11)17-12(18)9-4-6-10(15)7-5-9/h4-7H,3H2,1-2H3,(H,16,17,18). The number of ether oxygens (including phenoxy) is 1. The Morgan fingerprint density at radius 3 is 2.62 bits per heavy atom. The Morgan fingerprint density at radius 2 is 2.00 bits per heavy atom. The minimum Gasteiger partial charge on any atom is -0.461 e. The van der Waals surface area contributed by atoms with Crippen molar-refractivity contribution in [2.24, 2.45) is 0 Å². The molecule has 110 valence electrons. The number of thiazole rings is 1. The first-order chi connectivity index (χ1) is 10.0. The number of aryl methyl sites for hydroxylation is 1. The summed E-state index contributed by atoms with van der Waals surface area (Å²) in [6.07, 6.45) is 0. The highest BCUT2D eigenvalue weighted by molar-refractivity contribution is 7.16. The molecule has 1 heterocycles. The second kappa shape index (κ2) is 6.69. The zero-order valence-corrected chi connectivity index (χ0v) is 13.0. The number of nitrogens with one attached hydrogen (secondary N) is 1. The van der Waals surface area contributed by atoms with Gasteiger partial charge < -0.3 is 4.74 Å². The average Bonchev–Trinajstić information content (AvgIpc) is 2.80. The molecule has 1 amide bonds. The Balaban J connectivity index is 2.13. The number of rotatable bonds is 4. The molecule has 0 bridgehead atoms. The molecule has 2 rings (SSSR count). The molecule has 1 aromatic heterocycles. The maximum Gasteiger partial charge on any atom is 0.358 e. The summed E-state index contributed by atoms with van der Waals surface area (Å²) in [5.41, 5.74) is 0.693. The van der Waals surface area contributed by atoms with Gasteiger partial charge in [-0.25, -0.2) is 9.78 Å². The summed E-state index contributed by atoms with van der Waals surface area (Å²) in [6, 6.07) is 6.50. The Bertz CT molecular complexity index is 667. The maximum absolute atomic E-state index is 12.0. The summed E-state index contributed by atoms with van der Waals surface area (Å²) >= 11 is 7.00. The van der Waals surface area contributed by atoms with Gasteiger partial charge in [0.1, 0.15) is 0 Å². The quantitative estimate of drug-likeness (QED) is 0.873. The summed E-state index contributed by atoms with van der Waals surface area (Å²) in [7, 11) is 0. The maximum atomic E-state index is 12.0. The van der Waals surface area contributed by atoms with Crippen LogP contribution in [0.2, 0.25) is 5.02 Å². The van der Waals surface area contributed by atoms with Crippen LogP contribution in [-0.4, -0.2) is 23.5 Å². The van der Waals surface area contributed by atoms with Crippen molar-refractivity contribution in [3.63, 3.8) is 0 Å². The Labute approximate surface area is 130 Å². The fourth-order valence-electron chi connectivity index (χ4n) is 1.61. The van der Waals surface area contributed by atoms with E-state index in [4.69, 9.17) is 16.3 Å². The Kier molecular flexibility index (Phi) is 4.93. The van der Waals surface area contributed by atoms with Gasteiger partial charge in [-0.15, -0.1) is 11.3 Å². The molecule has 0 atom stereocenters. The lowest BCUT2D eigenvalue weighted by atomic mass is 10.2. The smallest absolute Gasteiger partial charge is 0.358 e. The fourth-order valence-corrected chi connectivity index (χ4v) is 2.53. The van der Waals surface area contributed by atoms with Crippen LogP contribution in [0.5, 0.6) is 0 Å². The number of anilines is 1. The van der Waals surface area contributed by atoms with E-state index in [2.05, 4.69) is 10.3 Å². The molecule has 21 heavy (non-hydrogen) atoms. The second-order valence-corrected chi connectivity index (χ2v) is 5.74. The third kappa shape index (κ3) is 3.80. The van der Waals surface area contributed by atoms with E-state index < -0.39 is 5.97 Å². The fraction of sp³-hybridized carbons (Fsp3) is 0.214. The van der Waals surface area contributed by atoms with E-state index in [1.807, 2.05) is 0 Å². The zero-order valence-electron chi connectivity index (χ0n) is 11.5. The van der Waals surface area contributed by atoms with Crippen LogP contribution < -0.4 is 5.32 Å². The lowest BCUT2D eigenvalue weighted by molar-refractivity contribution is 0.0519. The van der Waals surface area contributed by atoms with Crippen molar-refractivity contribution in [2.45, 2.75) is 13.8 Å². The number of hydrogen-bond acceptors (Lipinski definition) is 5. The van der Waals surface area contributed by atoms with Gasteiger partial charge >= 0.3 is 5.97 Å². The number of esters is 1. The van der Waals surface area contributed by atoms with Crippen molar-refractivity contribution in [1.29, 1.82) is 0 Å². The summed E-state index contributed by atoms with van der Waals surface area (Å²) in [6.45, 7) is 3.76. The van der Waals surface area contributed by atoms with Crippen molar-refractivity contribution < 1.29 is 14.3 Å². The molecule has 0 spiro atoms. The Morgan fingerprint density at radius 1 is 1.33 bits per heavy atom. The van der Waals surface area contributed by atoms with Crippen LogP contribution in [0.25, 0.3) is 0 Å². The van der Waals surface area contributed by atoms with Crippen LogP contribution in [0, 0.1) is 6.92 Å². The van der Waals surface area contributed by atoms with Crippen LogP contribution >= 0.6 is 22.9 Å². The molecule has 0 aliphatic rings. The zero-order chi connectivity index (χ0) is 15.4. The molecule has 1 N–H and O–H groups in total. The molecule has 0 fully saturated rings. The molecule has 2 aromatic rings. The number of nitrogens with zero attached hydrogens (tertiary/aromatic N) is 1. The largest absolute Gasteiger partial charge is 0.461 e. The number of carbonyl (C=O) groups is 2. The van der Waals surface area contributed by atoms with E-state index in [0.717, 1.165) is 0 Å². The molecular formula is C14H13ClN2O3S. The lowest BCUT2D eigenvalue weighted by Gasteiger charge is -2.01. The van der Waals surface area contributed by atoms with E-state index in [1.54, 1.807) is 38.1 Å². The molecule has 0 unspecified atom stereocenters. The van der Waals surface area contributed by atoms with E-state index in [1.165, 1.54) is 11.3 Å². The highest BCUT2D eigenvalue weighted by Crippen LogP contribution is 2.23. The number of aromatic nitrogens is 1. The average molecular weight is 325 g/mol. The molecule has 0 aliphatic carbocycles. The first kappa shape index (κ1) is 15.5. The van der Waals surface area contributed by atoms with Crippen LogP contribution in [0.1, 0.15) is 32.6 Å². The minimum absolute atomic E-state index is 0.230. The highest BCUT2D eigenvalue weighted by atomic mass is 35.5. The van der Waals surface area contributed by atoms with E-state index in [0.29, 0.717) is 20.6 Å². The third-order valence-corrected chi connectivity index (χ3v) is 3.73. The number of amides is 1. The van der Waals surface area contributed by atoms with Gasteiger partial charge in [-0.1, -0.05) is 11.6 Å². The number of hydrogen-bond donors (Lipinski definition) is 1. The van der Waals surface area contributed by atoms with Gasteiger partial charge in [-0.3, -0.25) is 10.1 Å². The lowest BCUT2D eigenvalue weighted by Crippen LogP contribution is -2.12. The molecule has 0 saturated heterocycles. The third-order valence-electron chi connectivity index (χ3n) is 2.59. The molecule has 7 heteroatoms.